The summed E-state index contributed by atoms with van der Waals surface area (Å²) in [5, 5.41) is 6.06. The number of primary amides is 1. The zero-order chi connectivity index (χ0) is 22.0. The molecule has 0 spiro atoms. The van der Waals surface area contributed by atoms with Gasteiger partial charge in [-0.3, -0.25) is 14.6 Å². The molecule has 2 aromatic carbocycles. The largest absolute Gasteiger partial charge is 0.493 e. The molecule has 0 unspecified atom stereocenters. The van der Waals surface area contributed by atoms with Gasteiger partial charge in [0.15, 0.2) is 11.5 Å². The van der Waals surface area contributed by atoms with Gasteiger partial charge in [0.2, 0.25) is 5.91 Å². The first kappa shape index (κ1) is 20.7. The summed E-state index contributed by atoms with van der Waals surface area (Å²) in [4.78, 5) is 27.3. The van der Waals surface area contributed by atoms with Crippen LogP contribution in [0.15, 0.2) is 53.6 Å². The van der Waals surface area contributed by atoms with E-state index in [2.05, 4.69) is 5.10 Å². The minimum atomic E-state index is -0.677. The third kappa shape index (κ3) is 3.93. The van der Waals surface area contributed by atoms with Crippen LogP contribution in [0.5, 0.6) is 11.5 Å². The SMILES string of the molecule is COc1ccc([C@@H]2CCCN2C(=O)C2=NN(c3ccccc3)[C@H](C(N)=O)C2)cc1OC. The van der Waals surface area contributed by atoms with Gasteiger partial charge in [-0.05, 0) is 42.7 Å². The Bertz CT molecular complexity index is 1010. The zero-order valence-electron chi connectivity index (χ0n) is 17.7. The molecule has 0 aliphatic carbocycles. The lowest BCUT2D eigenvalue weighted by Crippen LogP contribution is -2.40. The first-order valence-corrected chi connectivity index (χ1v) is 10.3. The molecule has 1 fully saturated rings. The van der Waals surface area contributed by atoms with Gasteiger partial charge in [0.1, 0.15) is 11.8 Å². The molecule has 2 heterocycles. The molecule has 8 nitrogen and oxygen atoms in total. The minimum Gasteiger partial charge on any atom is -0.493 e. The number of rotatable bonds is 6. The Morgan fingerprint density at radius 3 is 2.48 bits per heavy atom. The lowest BCUT2D eigenvalue weighted by atomic mass is 10.0. The number of anilines is 1. The average Bonchev–Trinajstić information content (AvgIpc) is 3.46. The van der Waals surface area contributed by atoms with E-state index in [-0.39, 0.29) is 18.4 Å². The smallest absolute Gasteiger partial charge is 0.270 e. The predicted octanol–water partition coefficient (Wildman–Crippen LogP) is 2.49. The molecule has 2 aliphatic rings. The van der Waals surface area contributed by atoms with Crippen LogP contribution in [0.2, 0.25) is 0 Å². The normalized spacial score (nSPS) is 20.5. The van der Waals surface area contributed by atoms with E-state index < -0.39 is 11.9 Å². The first-order valence-electron chi connectivity index (χ1n) is 10.3. The van der Waals surface area contributed by atoms with Crippen LogP contribution in [0.1, 0.15) is 30.9 Å². The van der Waals surface area contributed by atoms with Crippen molar-refractivity contribution in [1.82, 2.24) is 4.90 Å². The highest BCUT2D eigenvalue weighted by Gasteiger charge is 2.39. The minimum absolute atomic E-state index is 0.0900. The van der Waals surface area contributed by atoms with Crippen molar-refractivity contribution in [3.63, 3.8) is 0 Å². The third-order valence-electron chi connectivity index (χ3n) is 5.81. The Hall–Kier alpha value is -3.55. The molecule has 0 radical (unpaired) electrons. The second-order valence-electron chi connectivity index (χ2n) is 7.62. The van der Waals surface area contributed by atoms with Gasteiger partial charge >= 0.3 is 0 Å². The number of nitrogens with zero attached hydrogens (tertiary/aromatic N) is 3. The van der Waals surface area contributed by atoms with Crippen molar-refractivity contribution in [2.45, 2.75) is 31.3 Å². The highest BCUT2D eigenvalue weighted by molar-refractivity contribution is 6.40. The van der Waals surface area contributed by atoms with Gasteiger partial charge in [-0.1, -0.05) is 24.3 Å². The first-order chi connectivity index (χ1) is 15.0. The summed E-state index contributed by atoms with van der Waals surface area (Å²) < 4.78 is 10.7. The quantitative estimate of drug-likeness (QED) is 0.771. The Kier molecular flexibility index (Phi) is 5.79. The molecule has 2 atom stereocenters. The number of hydrogen-bond donors (Lipinski definition) is 1. The van der Waals surface area contributed by atoms with Crippen molar-refractivity contribution < 1.29 is 19.1 Å². The van der Waals surface area contributed by atoms with Crippen molar-refractivity contribution in [2.24, 2.45) is 10.8 Å². The van der Waals surface area contributed by atoms with Crippen LogP contribution in [0.3, 0.4) is 0 Å². The summed E-state index contributed by atoms with van der Waals surface area (Å²) in [6.07, 6.45) is 1.92. The molecule has 0 aromatic heterocycles. The van der Waals surface area contributed by atoms with E-state index in [1.54, 1.807) is 19.2 Å². The summed E-state index contributed by atoms with van der Waals surface area (Å²) in [5.41, 5.74) is 7.67. The second kappa shape index (κ2) is 8.67. The van der Waals surface area contributed by atoms with Crippen molar-refractivity contribution in [3.05, 3.63) is 54.1 Å². The predicted molar refractivity (Wildman–Crippen MR) is 117 cm³/mol. The van der Waals surface area contributed by atoms with E-state index in [9.17, 15) is 9.59 Å². The molecule has 31 heavy (non-hydrogen) atoms. The summed E-state index contributed by atoms with van der Waals surface area (Å²) in [6.45, 7) is 0.628. The van der Waals surface area contributed by atoms with Gasteiger partial charge in [-0.25, -0.2) is 0 Å². The number of likely N-dealkylation sites (tertiary alicyclic amines) is 1. The molecular weight excluding hydrogens is 396 g/mol. The number of amides is 2. The van der Waals surface area contributed by atoms with E-state index in [1.165, 1.54) is 0 Å². The van der Waals surface area contributed by atoms with Crippen molar-refractivity contribution in [2.75, 3.05) is 25.8 Å². The van der Waals surface area contributed by atoms with Crippen LogP contribution in [0.25, 0.3) is 0 Å². The van der Waals surface area contributed by atoms with Crippen LogP contribution in [-0.2, 0) is 9.59 Å². The van der Waals surface area contributed by atoms with E-state index in [1.807, 2.05) is 53.4 Å². The zero-order valence-corrected chi connectivity index (χ0v) is 17.7. The Labute approximate surface area is 181 Å². The van der Waals surface area contributed by atoms with Gasteiger partial charge < -0.3 is 20.1 Å². The van der Waals surface area contributed by atoms with Crippen molar-refractivity contribution in [3.8, 4) is 11.5 Å². The third-order valence-corrected chi connectivity index (χ3v) is 5.81. The number of ether oxygens (including phenoxy) is 2. The fourth-order valence-electron chi connectivity index (χ4n) is 4.26. The molecule has 2 amide bonds. The lowest BCUT2D eigenvalue weighted by Gasteiger charge is -2.25. The van der Waals surface area contributed by atoms with Crippen LogP contribution < -0.4 is 20.2 Å². The molecule has 1 saturated heterocycles. The molecular formula is C23H26N4O4. The number of carbonyl (C=O) groups is 2. The van der Waals surface area contributed by atoms with Crippen LogP contribution >= 0.6 is 0 Å². The topological polar surface area (TPSA) is 97.5 Å². The maximum Gasteiger partial charge on any atom is 0.270 e. The van der Waals surface area contributed by atoms with E-state index in [0.29, 0.717) is 23.8 Å². The van der Waals surface area contributed by atoms with E-state index in [0.717, 1.165) is 24.1 Å². The fraction of sp³-hybridized carbons (Fsp3) is 0.348. The lowest BCUT2D eigenvalue weighted by molar-refractivity contribution is -0.125. The number of methoxy groups -OCH3 is 2. The highest BCUT2D eigenvalue weighted by Crippen LogP contribution is 2.37. The van der Waals surface area contributed by atoms with Crippen LogP contribution in [-0.4, -0.2) is 49.2 Å². The number of benzene rings is 2. The molecule has 2 aliphatic heterocycles. The Morgan fingerprint density at radius 1 is 1.06 bits per heavy atom. The summed E-state index contributed by atoms with van der Waals surface area (Å²) in [6, 6.07) is 14.2. The molecule has 4 rings (SSSR count). The molecule has 2 N–H and O–H groups in total. The number of hydrogen-bond acceptors (Lipinski definition) is 6. The van der Waals surface area contributed by atoms with Gasteiger partial charge in [0, 0.05) is 13.0 Å². The van der Waals surface area contributed by atoms with Crippen LogP contribution in [0.4, 0.5) is 5.69 Å². The maximum absolute atomic E-state index is 13.4. The monoisotopic (exact) mass is 422 g/mol. The number of nitrogens with two attached hydrogens (primary N) is 1. The molecule has 162 valence electrons. The number of hydrazone groups is 1. The molecule has 0 saturated carbocycles. The van der Waals surface area contributed by atoms with Crippen LogP contribution in [0, 0.1) is 0 Å². The van der Waals surface area contributed by atoms with Gasteiger partial charge in [-0.15, -0.1) is 0 Å². The summed E-state index contributed by atoms with van der Waals surface area (Å²) in [7, 11) is 3.18. The number of para-hydroxylation sites is 1. The molecule has 2 aromatic rings. The van der Waals surface area contributed by atoms with E-state index in [4.69, 9.17) is 15.2 Å². The molecule has 0 bridgehead atoms. The van der Waals surface area contributed by atoms with E-state index >= 15 is 0 Å². The maximum atomic E-state index is 13.4. The summed E-state index contributed by atoms with van der Waals surface area (Å²) >= 11 is 0. The van der Waals surface area contributed by atoms with Crippen molar-refractivity contribution >= 4 is 23.2 Å². The van der Waals surface area contributed by atoms with Crippen molar-refractivity contribution in [1.29, 1.82) is 0 Å². The Balaban J connectivity index is 1.60. The number of carbonyl (C=O) groups excluding carboxylic acids is 2. The second-order valence-corrected chi connectivity index (χ2v) is 7.62. The average molecular weight is 422 g/mol. The fourth-order valence-corrected chi connectivity index (χ4v) is 4.26. The van der Waals surface area contributed by atoms with Gasteiger partial charge in [0.05, 0.1) is 25.9 Å². The summed E-state index contributed by atoms with van der Waals surface area (Å²) in [5.74, 6) is 0.599. The van der Waals surface area contributed by atoms with Gasteiger partial charge in [-0.2, -0.15) is 5.10 Å². The standard InChI is InChI=1S/C23H26N4O4/c1-30-20-11-10-15(13-21(20)31-2)18-9-6-12-26(18)23(29)17-14-19(22(24)28)27(25-17)16-7-4-3-5-8-16/h3-5,7-8,10-11,13,18-19H,6,9,12,14H2,1-2H3,(H2,24,28)/t18-,19-/m0/s1. The Morgan fingerprint density at radius 2 is 1.81 bits per heavy atom. The highest BCUT2D eigenvalue weighted by atomic mass is 16.5. The van der Waals surface area contributed by atoms with Gasteiger partial charge in [0.25, 0.3) is 5.91 Å². The molecule has 8 heteroatoms.